The molecule has 29 heavy (non-hydrogen) atoms. The van der Waals surface area contributed by atoms with Crippen LogP contribution in [0.1, 0.15) is 27.6 Å². The van der Waals surface area contributed by atoms with Crippen LogP contribution >= 0.6 is 22.9 Å². The number of carbonyl (C=O) groups excluding carboxylic acids is 2. The van der Waals surface area contributed by atoms with Gasteiger partial charge in [-0.2, -0.15) is 0 Å². The molecule has 0 spiro atoms. The van der Waals surface area contributed by atoms with Gasteiger partial charge in [0.1, 0.15) is 10.0 Å². The number of nitrogens with one attached hydrogen (secondary N) is 1. The van der Waals surface area contributed by atoms with Gasteiger partial charge in [0.15, 0.2) is 0 Å². The van der Waals surface area contributed by atoms with E-state index in [1.165, 1.54) is 23.5 Å². The topological polar surface area (TPSA) is 98.5 Å². The highest BCUT2D eigenvalue weighted by atomic mass is 35.5. The molecule has 7 nitrogen and oxygen atoms in total. The molecule has 1 N–H and O–H groups in total. The van der Waals surface area contributed by atoms with E-state index >= 15 is 0 Å². The number of nitro benzene ring substituents is 1. The number of anilines is 1. The maximum absolute atomic E-state index is 12.7. The molecular formula is C20H15ClN2O5S. The Morgan fingerprint density at radius 3 is 2.55 bits per heavy atom. The number of nitrogens with zero attached hydrogens (tertiary/aromatic N) is 1. The molecule has 0 aliphatic carbocycles. The molecule has 148 valence electrons. The van der Waals surface area contributed by atoms with Crippen molar-refractivity contribution in [3.63, 3.8) is 0 Å². The lowest BCUT2D eigenvalue weighted by Crippen LogP contribution is -2.14. The molecule has 3 aromatic rings. The Labute approximate surface area is 175 Å². The SMILES string of the molecule is CCOC(=O)c1cc(-c2ccccc2)sc1NC(=O)c1ccc(Cl)c([N+](=O)[O-])c1. The molecule has 0 aliphatic heterocycles. The zero-order valence-electron chi connectivity index (χ0n) is 15.2. The van der Waals surface area contributed by atoms with Gasteiger partial charge in [0.05, 0.1) is 17.1 Å². The minimum atomic E-state index is -0.665. The van der Waals surface area contributed by atoms with Crippen molar-refractivity contribution in [2.24, 2.45) is 0 Å². The smallest absolute Gasteiger partial charge is 0.341 e. The summed E-state index contributed by atoms with van der Waals surface area (Å²) in [5.74, 6) is -1.17. The molecule has 0 unspecified atom stereocenters. The highest BCUT2D eigenvalue weighted by Gasteiger charge is 2.22. The number of nitro groups is 1. The Balaban J connectivity index is 1.96. The fourth-order valence-corrected chi connectivity index (χ4v) is 3.79. The summed E-state index contributed by atoms with van der Waals surface area (Å²) in [6.07, 6.45) is 0. The fourth-order valence-electron chi connectivity index (χ4n) is 2.56. The predicted octanol–water partition coefficient (Wildman–Crippen LogP) is 5.41. The summed E-state index contributed by atoms with van der Waals surface area (Å²) in [6, 6.07) is 14.8. The molecule has 0 atom stereocenters. The lowest BCUT2D eigenvalue weighted by atomic mass is 10.1. The Hall–Kier alpha value is -3.23. The van der Waals surface area contributed by atoms with Crippen LogP contribution in [0.5, 0.6) is 0 Å². The zero-order chi connectivity index (χ0) is 21.0. The molecule has 9 heteroatoms. The van der Waals surface area contributed by atoms with Crippen molar-refractivity contribution in [2.45, 2.75) is 6.92 Å². The van der Waals surface area contributed by atoms with Crippen LogP contribution in [0.15, 0.2) is 54.6 Å². The van der Waals surface area contributed by atoms with Crippen LogP contribution in [0.4, 0.5) is 10.7 Å². The van der Waals surface area contributed by atoms with Crippen LogP contribution < -0.4 is 5.32 Å². The highest BCUT2D eigenvalue weighted by Crippen LogP contribution is 2.36. The largest absolute Gasteiger partial charge is 0.462 e. The normalized spacial score (nSPS) is 10.4. The molecule has 1 heterocycles. The third kappa shape index (κ3) is 4.61. The number of benzene rings is 2. The summed E-state index contributed by atoms with van der Waals surface area (Å²) < 4.78 is 5.08. The molecular weight excluding hydrogens is 416 g/mol. The third-order valence-electron chi connectivity index (χ3n) is 3.92. The lowest BCUT2D eigenvalue weighted by Gasteiger charge is -2.06. The molecule has 0 aliphatic rings. The van der Waals surface area contributed by atoms with Crippen LogP contribution in [0.2, 0.25) is 5.02 Å². The van der Waals surface area contributed by atoms with Gasteiger partial charge in [0.2, 0.25) is 0 Å². The van der Waals surface area contributed by atoms with Gasteiger partial charge in [0, 0.05) is 16.5 Å². The number of carbonyl (C=O) groups is 2. The van der Waals surface area contributed by atoms with Crippen LogP contribution in [-0.2, 0) is 4.74 Å². The second-order valence-electron chi connectivity index (χ2n) is 5.82. The van der Waals surface area contributed by atoms with Crippen LogP contribution in [-0.4, -0.2) is 23.4 Å². The summed E-state index contributed by atoms with van der Waals surface area (Å²) >= 11 is 7.01. The molecule has 0 radical (unpaired) electrons. The number of esters is 1. The van der Waals surface area contributed by atoms with Crippen LogP contribution in [0, 0.1) is 10.1 Å². The monoisotopic (exact) mass is 430 g/mol. The number of amides is 1. The van der Waals surface area contributed by atoms with Gasteiger partial charge in [0.25, 0.3) is 11.6 Å². The van der Waals surface area contributed by atoms with Crippen molar-refractivity contribution < 1.29 is 19.2 Å². The molecule has 0 saturated carbocycles. The maximum Gasteiger partial charge on any atom is 0.341 e. The van der Waals surface area contributed by atoms with Crippen LogP contribution in [0.25, 0.3) is 10.4 Å². The molecule has 0 fully saturated rings. The fraction of sp³-hybridized carbons (Fsp3) is 0.100. The number of ether oxygens (including phenoxy) is 1. The van der Waals surface area contributed by atoms with E-state index in [1.54, 1.807) is 13.0 Å². The van der Waals surface area contributed by atoms with E-state index in [2.05, 4.69) is 5.32 Å². The lowest BCUT2D eigenvalue weighted by molar-refractivity contribution is -0.384. The Morgan fingerprint density at radius 2 is 1.90 bits per heavy atom. The first-order chi connectivity index (χ1) is 13.9. The molecule has 1 amide bonds. The quantitative estimate of drug-likeness (QED) is 0.320. The van der Waals surface area contributed by atoms with Crippen molar-refractivity contribution in [1.29, 1.82) is 0 Å². The Morgan fingerprint density at radius 1 is 1.17 bits per heavy atom. The number of thiophene rings is 1. The molecule has 2 aromatic carbocycles. The van der Waals surface area contributed by atoms with Crippen molar-refractivity contribution in [2.75, 3.05) is 11.9 Å². The minimum absolute atomic E-state index is 0.0468. The van der Waals surface area contributed by atoms with Gasteiger partial charge in [-0.25, -0.2) is 4.79 Å². The second-order valence-corrected chi connectivity index (χ2v) is 7.28. The third-order valence-corrected chi connectivity index (χ3v) is 5.34. The van der Waals surface area contributed by atoms with E-state index in [9.17, 15) is 19.7 Å². The van der Waals surface area contributed by atoms with E-state index in [0.717, 1.165) is 16.5 Å². The van der Waals surface area contributed by atoms with E-state index in [-0.39, 0.29) is 28.4 Å². The zero-order valence-corrected chi connectivity index (χ0v) is 16.8. The number of halogens is 1. The summed E-state index contributed by atoms with van der Waals surface area (Å²) in [7, 11) is 0. The average molecular weight is 431 g/mol. The van der Waals surface area contributed by atoms with Gasteiger partial charge in [-0.3, -0.25) is 14.9 Å². The molecule has 1 aromatic heterocycles. The van der Waals surface area contributed by atoms with E-state index in [4.69, 9.17) is 16.3 Å². The summed E-state index contributed by atoms with van der Waals surface area (Å²) in [5.41, 5.74) is 0.768. The minimum Gasteiger partial charge on any atom is -0.462 e. The van der Waals surface area contributed by atoms with Crippen molar-refractivity contribution in [3.05, 3.63) is 80.9 Å². The molecule has 0 saturated heterocycles. The summed E-state index contributed by atoms with van der Waals surface area (Å²) in [4.78, 5) is 36.2. The predicted molar refractivity (Wildman–Crippen MR) is 112 cm³/mol. The number of hydrogen-bond acceptors (Lipinski definition) is 6. The van der Waals surface area contributed by atoms with Gasteiger partial charge in [-0.15, -0.1) is 11.3 Å². The standard InChI is InChI=1S/C20H15ClN2O5S/c1-2-28-20(25)14-11-17(12-6-4-3-5-7-12)29-19(14)22-18(24)13-8-9-15(21)16(10-13)23(26)27/h3-11H,2H2,1H3,(H,22,24). The van der Waals surface area contributed by atoms with Crippen LogP contribution in [0.3, 0.4) is 0 Å². The van der Waals surface area contributed by atoms with Crippen molar-refractivity contribution in [1.82, 2.24) is 0 Å². The highest BCUT2D eigenvalue weighted by molar-refractivity contribution is 7.20. The van der Waals surface area contributed by atoms with Crippen molar-refractivity contribution >= 4 is 45.5 Å². The van der Waals surface area contributed by atoms with Gasteiger partial charge >= 0.3 is 5.97 Å². The molecule has 0 bridgehead atoms. The summed E-state index contributed by atoms with van der Waals surface area (Å²) in [5, 5.41) is 13.9. The second kappa shape index (κ2) is 8.85. The van der Waals surface area contributed by atoms with Gasteiger partial charge < -0.3 is 10.1 Å². The first-order valence-corrected chi connectivity index (χ1v) is 9.71. The number of hydrogen-bond donors (Lipinski definition) is 1. The first kappa shape index (κ1) is 20.5. The van der Waals surface area contributed by atoms with Crippen molar-refractivity contribution in [3.8, 4) is 10.4 Å². The molecule has 3 rings (SSSR count). The number of rotatable bonds is 6. The van der Waals surface area contributed by atoms with E-state index < -0.39 is 16.8 Å². The Kier molecular flexibility index (Phi) is 6.26. The van der Waals surface area contributed by atoms with E-state index in [1.807, 2.05) is 30.3 Å². The maximum atomic E-state index is 12.7. The summed E-state index contributed by atoms with van der Waals surface area (Å²) in [6.45, 7) is 1.87. The van der Waals surface area contributed by atoms with Gasteiger partial charge in [-0.05, 0) is 30.7 Å². The van der Waals surface area contributed by atoms with E-state index in [0.29, 0.717) is 5.00 Å². The average Bonchev–Trinajstić information content (AvgIpc) is 3.13. The Bertz CT molecular complexity index is 1080. The first-order valence-electron chi connectivity index (χ1n) is 8.52. The van der Waals surface area contributed by atoms with Gasteiger partial charge in [-0.1, -0.05) is 41.9 Å².